The van der Waals surface area contributed by atoms with E-state index in [1.165, 1.54) is 19.2 Å². The summed E-state index contributed by atoms with van der Waals surface area (Å²) in [6.07, 6.45) is 2.14. The summed E-state index contributed by atoms with van der Waals surface area (Å²) >= 11 is 6.30. The van der Waals surface area contributed by atoms with Gasteiger partial charge in [0.2, 0.25) is 0 Å². The molecular weight excluding hydrogens is 407 g/mol. The zero-order chi connectivity index (χ0) is 21.1. The molecular formula is C23H22ClFN2O3. The molecule has 2 N–H and O–H groups in total. The molecule has 0 aliphatic carbocycles. The highest BCUT2D eigenvalue weighted by Gasteiger charge is 2.18. The van der Waals surface area contributed by atoms with Crippen LogP contribution in [-0.2, 0) is 4.74 Å². The Morgan fingerprint density at radius 2 is 2.13 bits per heavy atom. The molecule has 4 rings (SSSR count). The molecule has 0 saturated carbocycles. The first-order valence-electron chi connectivity index (χ1n) is 9.74. The van der Waals surface area contributed by atoms with E-state index >= 15 is 0 Å². The normalized spacial score (nSPS) is 15.9. The van der Waals surface area contributed by atoms with Gasteiger partial charge in [-0.15, -0.1) is 0 Å². The molecule has 2 heterocycles. The van der Waals surface area contributed by atoms with Crippen molar-refractivity contribution in [3.05, 3.63) is 59.4 Å². The van der Waals surface area contributed by atoms with Crippen LogP contribution in [0.1, 0.15) is 12.8 Å². The Morgan fingerprint density at radius 1 is 1.27 bits per heavy atom. The highest BCUT2D eigenvalue weighted by molar-refractivity contribution is 6.33. The predicted octanol–water partition coefficient (Wildman–Crippen LogP) is 5.51. The topological polar surface area (TPSA) is 63.6 Å². The molecule has 0 amide bonds. The maximum Gasteiger partial charge on any atom is 0.132 e. The first-order valence-corrected chi connectivity index (χ1v) is 10.1. The van der Waals surface area contributed by atoms with Gasteiger partial charge in [0.15, 0.2) is 0 Å². The second-order valence-electron chi connectivity index (χ2n) is 7.12. The van der Waals surface area contributed by atoms with Crippen LogP contribution in [0.25, 0.3) is 22.4 Å². The van der Waals surface area contributed by atoms with Crippen molar-refractivity contribution in [2.75, 3.05) is 25.6 Å². The van der Waals surface area contributed by atoms with Crippen molar-refractivity contribution < 1.29 is 19.0 Å². The number of rotatable bonds is 6. The summed E-state index contributed by atoms with van der Waals surface area (Å²) < 4.78 is 25.4. The van der Waals surface area contributed by atoms with Gasteiger partial charge in [-0.05, 0) is 54.8 Å². The van der Waals surface area contributed by atoms with Crippen molar-refractivity contribution in [3.63, 3.8) is 0 Å². The van der Waals surface area contributed by atoms with E-state index in [-0.39, 0.29) is 17.4 Å². The Kier molecular flexibility index (Phi) is 6.06. The number of anilines is 1. The Labute approximate surface area is 179 Å². The fourth-order valence-corrected chi connectivity index (χ4v) is 3.83. The molecule has 0 radical (unpaired) electrons. The molecule has 0 spiro atoms. The van der Waals surface area contributed by atoms with Crippen molar-refractivity contribution in [2.24, 2.45) is 0 Å². The highest BCUT2D eigenvalue weighted by Crippen LogP contribution is 2.37. The fourth-order valence-electron chi connectivity index (χ4n) is 3.56. The van der Waals surface area contributed by atoms with E-state index in [4.69, 9.17) is 21.1 Å². The van der Waals surface area contributed by atoms with Gasteiger partial charge >= 0.3 is 0 Å². The van der Waals surface area contributed by atoms with Crippen LogP contribution < -0.4 is 10.1 Å². The monoisotopic (exact) mass is 428 g/mol. The van der Waals surface area contributed by atoms with Crippen molar-refractivity contribution in [1.82, 2.24) is 4.98 Å². The number of halogens is 2. The molecule has 156 valence electrons. The van der Waals surface area contributed by atoms with Crippen LogP contribution in [-0.4, -0.2) is 36.5 Å². The van der Waals surface area contributed by atoms with Gasteiger partial charge in [0.05, 0.1) is 23.9 Å². The van der Waals surface area contributed by atoms with Crippen molar-refractivity contribution in [2.45, 2.75) is 18.9 Å². The molecule has 1 unspecified atom stereocenters. The van der Waals surface area contributed by atoms with Crippen LogP contribution >= 0.6 is 11.6 Å². The number of benzene rings is 2. The highest BCUT2D eigenvalue weighted by atomic mass is 35.5. The summed E-state index contributed by atoms with van der Waals surface area (Å²) in [5.74, 6) is 0.668. The lowest BCUT2D eigenvalue weighted by molar-refractivity contribution is 0.120. The van der Waals surface area contributed by atoms with Gasteiger partial charge in [-0.25, -0.2) is 9.37 Å². The zero-order valence-corrected chi connectivity index (χ0v) is 17.2. The SMILES string of the molecule is COc1ccc(-c2cc(-c3c(F)cccc3Cl)cc(NCC3CCCO3)n2)c(O)c1. The van der Waals surface area contributed by atoms with Crippen LogP contribution in [0.4, 0.5) is 10.2 Å². The summed E-state index contributed by atoms with van der Waals surface area (Å²) in [5, 5.41) is 14.1. The van der Waals surface area contributed by atoms with E-state index in [1.54, 1.807) is 36.4 Å². The van der Waals surface area contributed by atoms with Crippen molar-refractivity contribution >= 4 is 17.4 Å². The smallest absolute Gasteiger partial charge is 0.132 e. The third kappa shape index (κ3) is 4.35. The Balaban J connectivity index is 1.77. The third-order valence-corrected chi connectivity index (χ3v) is 5.41. The molecule has 30 heavy (non-hydrogen) atoms. The van der Waals surface area contributed by atoms with Crippen LogP contribution in [0, 0.1) is 5.82 Å². The van der Waals surface area contributed by atoms with Crippen LogP contribution in [0.15, 0.2) is 48.5 Å². The molecule has 0 bridgehead atoms. The Bertz CT molecular complexity index is 1030. The summed E-state index contributed by atoms with van der Waals surface area (Å²) in [6.45, 7) is 1.35. The van der Waals surface area contributed by atoms with Gasteiger partial charge in [0, 0.05) is 30.3 Å². The maximum atomic E-state index is 14.6. The predicted molar refractivity (Wildman–Crippen MR) is 116 cm³/mol. The molecule has 1 saturated heterocycles. The van der Waals surface area contributed by atoms with Crippen LogP contribution in [0.3, 0.4) is 0 Å². The Hall–Kier alpha value is -2.83. The van der Waals surface area contributed by atoms with Crippen LogP contribution in [0.5, 0.6) is 11.5 Å². The van der Waals surface area contributed by atoms with Crippen LogP contribution in [0.2, 0.25) is 5.02 Å². The van der Waals surface area contributed by atoms with Gasteiger partial charge in [-0.3, -0.25) is 0 Å². The minimum absolute atomic E-state index is 0.0173. The summed E-state index contributed by atoms with van der Waals surface area (Å²) in [5.41, 5.74) is 1.84. The largest absolute Gasteiger partial charge is 0.507 e. The van der Waals surface area contributed by atoms with E-state index in [1.807, 2.05) is 0 Å². The lowest BCUT2D eigenvalue weighted by Gasteiger charge is -2.15. The number of aromatic nitrogens is 1. The van der Waals surface area contributed by atoms with E-state index in [9.17, 15) is 9.50 Å². The molecule has 3 aromatic rings. The number of ether oxygens (including phenoxy) is 2. The van der Waals surface area contributed by atoms with Gasteiger partial charge in [-0.2, -0.15) is 0 Å². The second-order valence-corrected chi connectivity index (χ2v) is 7.53. The minimum Gasteiger partial charge on any atom is -0.507 e. The van der Waals surface area contributed by atoms with E-state index < -0.39 is 5.82 Å². The first-order chi connectivity index (χ1) is 14.5. The quantitative estimate of drug-likeness (QED) is 0.541. The summed E-state index contributed by atoms with van der Waals surface area (Å²) in [7, 11) is 1.53. The zero-order valence-electron chi connectivity index (χ0n) is 16.5. The minimum atomic E-state index is -0.427. The van der Waals surface area contributed by atoms with Gasteiger partial charge < -0.3 is 19.9 Å². The molecule has 7 heteroatoms. The molecule has 1 atom stereocenters. The number of phenolic OH excluding ortho intramolecular Hbond substituents is 1. The molecule has 5 nitrogen and oxygen atoms in total. The lowest BCUT2D eigenvalue weighted by atomic mass is 10.0. The average molecular weight is 429 g/mol. The van der Waals surface area contributed by atoms with Gasteiger partial charge in [0.25, 0.3) is 0 Å². The van der Waals surface area contributed by atoms with E-state index in [0.717, 1.165) is 19.4 Å². The number of hydrogen-bond acceptors (Lipinski definition) is 5. The van der Waals surface area contributed by atoms with E-state index in [2.05, 4.69) is 10.3 Å². The maximum absolute atomic E-state index is 14.6. The number of aromatic hydroxyl groups is 1. The van der Waals surface area contributed by atoms with Gasteiger partial charge in [-0.1, -0.05) is 17.7 Å². The summed E-state index contributed by atoms with van der Waals surface area (Å²) in [4.78, 5) is 4.63. The van der Waals surface area contributed by atoms with Crippen molar-refractivity contribution in [3.8, 4) is 33.9 Å². The molecule has 2 aromatic carbocycles. The number of phenols is 1. The van der Waals surface area contributed by atoms with Crippen molar-refractivity contribution in [1.29, 1.82) is 0 Å². The lowest BCUT2D eigenvalue weighted by Crippen LogP contribution is -2.19. The fraction of sp³-hybridized carbons (Fsp3) is 0.261. The van der Waals surface area contributed by atoms with Gasteiger partial charge in [0.1, 0.15) is 23.1 Å². The average Bonchev–Trinajstić information content (AvgIpc) is 3.25. The number of pyridine rings is 1. The third-order valence-electron chi connectivity index (χ3n) is 5.09. The standard InChI is InChI=1S/C23H22ClFN2O3/c1-29-15-7-8-17(21(28)12-15)20-10-14(23-18(24)5-2-6-19(23)25)11-22(27-20)26-13-16-4-3-9-30-16/h2,5-8,10-12,16,28H,3-4,9,13H2,1H3,(H,26,27). The molecule has 1 fully saturated rings. The number of hydrogen-bond donors (Lipinski definition) is 2. The molecule has 1 aliphatic rings. The molecule has 1 aromatic heterocycles. The summed E-state index contributed by atoms with van der Waals surface area (Å²) in [6, 6.07) is 13.0. The Morgan fingerprint density at radius 3 is 2.83 bits per heavy atom. The first kappa shape index (κ1) is 20.4. The number of nitrogens with zero attached hydrogens (tertiary/aromatic N) is 1. The molecule has 1 aliphatic heterocycles. The number of methoxy groups -OCH3 is 1. The second kappa shape index (κ2) is 8.90. The number of nitrogens with one attached hydrogen (secondary N) is 1. The van der Waals surface area contributed by atoms with E-state index in [0.29, 0.717) is 40.0 Å².